The second-order valence-corrected chi connectivity index (χ2v) is 6.60. The molecule has 0 aliphatic carbocycles. The summed E-state index contributed by atoms with van der Waals surface area (Å²) in [7, 11) is 0. The predicted molar refractivity (Wildman–Crippen MR) is 93.6 cm³/mol. The van der Waals surface area contributed by atoms with E-state index < -0.39 is 0 Å². The number of carbonyl (C=O) groups is 1. The van der Waals surface area contributed by atoms with Crippen molar-refractivity contribution in [1.29, 1.82) is 5.26 Å². The highest BCUT2D eigenvalue weighted by atomic mass is 32.1. The number of amides is 1. The molecule has 0 saturated heterocycles. The molecule has 1 heterocycles. The Morgan fingerprint density at radius 2 is 2.04 bits per heavy atom. The van der Waals surface area contributed by atoms with Gasteiger partial charge < -0.3 is 5.32 Å². The number of benzene rings is 2. The van der Waals surface area contributed by atoms with Gasteiger partial charge in [0.15, 0.2) is 0 Å². The number of hydrogen-bond acceptors (Lipinski definition) is 4. The first-order valence-electron chi connectivity index (χ1n) is 7.60. The van der Waals surface area contributed by atoms with E-state index in [9.17, 15) is 9.18 Å². The van der Waals surface area contributed by atoms with Gasteiger partial charge in [-0.15, -0.1) is 11.3 Å². The van der Waals surface area contributed by atoms with Gasteiger partial charge in [-0.3, -0.25) is 4.79 Å². The van der Waals surface area contributed by atoms with E-state index in [1.807, 2.05) is 6.07 Å². The molecular weight excluding hydrogens is 337 g/mol. The predicted octanol–water partition coefficient (Wildman–Crippen LogP) is 3.67. The summed E-state index contributed by atoms with van der Waals surface area (Å²) >= 11 is 1.50. The minimum atomic E-state index is -0.253. The van der Waals surface area contributed by atoms with E-state index in [4.69, 9.17) is 5.26 Å². The Kier molecular flexibility index (Phi) is 5.17. The molecule has 2 aromatic carbocycles. The standard InChI is InChI=1S/C19H14FN3OS/c20-16-6-4-13(5-7-16)9-17-11-22-18(25-17)12-23-19(24)15-3-1-2-14(8-15)10-21/h1-8,11H,9,12H2,(H,23,24). The zero-order chi connectivity index (χ0) is 17.6. The largest absolute Gasteiger partial charge is 0.346 e. The Bertz CT molecular complexity index is 928. The van der Waals surface area contributed by atoms with E-state index in [-0.39, 0.29) is 11.7 Å². The lowest BCUT2D eigenvalue weighted by Gasteiger charge is -2.03. The fourth-order valence-corrected chi connectivity index (χ4v) is 3.20. The summed E-state index contributed by atoms with van der Waals surface area (Å²) in [5.41, 5.74) is 1.90. The number of hydrogen-bond donors (Lipinski definition) is 1. The van der Waals surface area contributed by atoms with Crippen molar-refractivity contribution in [3.63, 3.8) is 0 Å². The maximum absolute atomic E-state index is 12.9. The number of carbonyl (C=O) groups excluding carboxylic acids is 1. The van der Waals surface area contributed by atoms with Crippen LogP contribution in [0.3, 0.4) is 0 Å². The first-order valence-corrected chi connectivity index (χ1v) is 8.42. The molecule has 0 aliphatic rings. The second kappa shape index (κ2) is 7.69. The van der Waals surface area contributed by atoms with Gasteiger partial charge in [-0.05, 0) is 35.9 Å². The minimum absolute atomic E-state index is 0.243. The van der Waals surface area contributed by atoms with Crippen LogP contribution in [0.4, 0.5) is 4.39 Å². The summed E-state index contributed by atoms with van der Waals surface area (Å²) in [4.78, 5) is 17.5. The number of rotatable bonds is 5. The third-order valence-electron chi connectivity index (χ3n) is 3.55. The van der Waals surface area contributed by atoms with Crippen molar-refractivity contribution in [3.8, 4) is 6.07 Å². The molecule has 0 fully saturated rings. The lowest BCUT2D eigenvalue weighted by molar-refractivity contribution is 0.0951. The van der Waals surface area contributed by atoms with E-state index in [0.29, 0.717) is 24.1 Å². The van der Waals surface area contributed by atoms with E-state index in [1.54, 1.807) is 42.6 Å². The topological polar surface area (TPSA) is 65.8 Å². The van der Waals surface area contributed by atoms with Gasteiger partial charge in [0, 0.05) is 23.1 Å². The van der Waals surface area contributed by atoms with Crippen molar-refractivity contribution in [2.45, 2.75) is 13.0 Å². The molecule has 1 amide bonds. The zero-order valence-corrected chi connectivity index (χ0v) is 14.0. The van der Waals surface area contributed by atoms with Gasteiger partial charge in [0.2, 0.25) is 0 Å². The molecule has 0 unspecified atom stereocenters. The fraction of sp³-hybridized carbons (Fsp3) is 0.105. The summed E-state index contributed by atoms with van der Waals surface area (Å²) in [5.74, 6) is -0.496. The zero-order valence-electron chi connectivity index (χ0n) is 13.2. The normalized spacial score (nSPS) is 10.2. The number of nitriles is 1. The van der Waals surface area contributed by atoms with Crippen LogP contribution in [-0.4, -0.2) is 10.9 Å². The average Bonchev–Trinajstić information content (AvgIpc) is 3.09. The van der Waals surface area contributed by atoms with Crippen LogP contribution in [0, 0.1) is 17.1 Å². The maximum Gasteiger partial charge on any atom is 0.251 e. The van der Waals surface area contributed by atoms with Crippen LogP contribution in [0.1, 0.15) is 31.4 Å². The summed E-state index contributed by atoms with van der Waals surface area (Å²) in [6, 6.07) is 14.9. The van der Waals surface area contributed by atoms with E-state index in [1.165, 1.54) is 23.5 Å². The van der Waals surface area contributed by atoms with Gasteiger partial charge in [-0.1, -0.05) is 18.2 Å². The Labute approximate surface area is 148 Å². The smallest absolute Gasteiger partial charge is 0.251 e. The average molecular weight is 351 g/mol. The molecular formula is C19H14FN3OS. The Morgan fingerprint density at radius 3 is 2.80 bits per heavy atom. The molecule has 6 heteroatoms. The first kappa shape index (κ1) is 16.8. The van der Waals surface area contributed by atoms with Crippen LogP contribution in [-0.2, 0) is 13.0 Å². The molecule has 0 bridgehead atoms. The quantitative estimate of drug-likeness (QED) is 0.763. The number of halogens is 1. The fourth-order valence-electron chi connectivity index (χ4n) is 2.30. The second-order valence-electron chi connectivity index (χ2n) is 5.40. The van der Waals surface area contributed by atoms with Crippen LogP contribution < -0.4 is 5.32 Å². The molecule has 1 N–H and O–H groups in total. The summed E-state index contributed by atoms with van der Waals surface area (Å²) in [5, 5.41) is 12.5. The van der Waals surface area contributed by atoms with Crippen LogP contribution in [0.5, 0.6) is 0 Å². The molecule has 0 aliphatic heterocycles. The van der Waals surface area contributed by atoms with Gasteiger partial charge >= 0.3 is 0 Å². The lowest BCUT2D eigenvalue weighted by atomic mass is 10.1. The molecule has 0 saturated carbocycles. The summed E-state index contributed by atoms with van der Waals surface area (Å²) in [6.07, 6.45) is 2.45. The number of aromatic nitrogens is 1. The highest BCUT2D eigenvalue weighted by Crippen LogP contribution is 2.17. The molecule has 25 heavy (non-hydrogen) atoms. The van der Waals surface area contributed by atoms with E-state index in [2.05, 4.69) is 10.3 Å². The maximum atomic E-state index is 12.9. The summed E-state index contributed by atoms with van der Waals surface area (Å²) in [6.45, 7) is 0.323. The number of nitrogens with one attached hydrogen (secondary N) is 1. The van der Waals surface area contributed by atoms with Gasteiger partial charge in [-0.2, -0.15) is 5.26 Å². The van der Waals surface area contributed by atoms with Crippen molar-refractivity contribution in [1.82, 2.24) is 10.3 Å². The van der Waals surface area contributed by atoms with Gasteiger partial charge in [0.1, 0.15) is 10.8 Å². The van der Waals surface area contributed by atoms with Gasteiger partial charge in [0.05, 0.1) is 18.2 Å². The third kappa shape index (κ3) is 4.49. The Balaban J connectivity index is 1.58. The van der Waals surface area contributed by atoms with Gasteiger partial charge in [-0.25, -0.2) is 9.37 Å². The van der Waals surface area contributed by atoms with Gasteiger partial charge in [0.25, 0.3) is 5.91 Å². The molecule has 4 nitrogen and oxygen atoms in total. The first-order chi connectivity index (χ1) is 12.1. The van der Waals surface area contributed by atoms with Crippen molar-refractivity contribution in [2.24, 2.45) is 0 Å². The van der Waals surface area contributed by atoms with Crippen molar-refractivity contribution < 1.29 is 9.18 Å². The minimum Gasteiger partial charge on any atom is -0.346 e. The molecule has 1 aromatic heterocycles. The summed E-state index contributed by atoms with van der Waals surface area (Å²) < 4.78 is 12.9. The molecule has 0 radical (unpaired) electrons. The third-order valence-corrected chi connectivity index (χ3v) is 4.54. The van der Waals surface area contributed by atoms with Crippen LogP contribution in [0.25, 0.3) is 0 Å². The van der Waals surface area contributed by atoms with Crippen molar-refractivity contribution >= 4 is 17.2 Å². The van der Waals surface area contributed by atoms with Crippen molar-refractivity contribution in [3.05, 3.63) is 87.1 Å². The van der Waals surface area contributed by atoms with E-state index in [0.717, 1.165) is 15.4 Å². The highest BCUT2D eigenvalue weighted by Gasteiger charge is 2.08. The molecule has 0 atom stereocenters. The van der Waals surface area contributed by atoms with Crippen LogP contribution >= 0.6 is 11.3 Å². The molecule has 124 valence electrons. The molecule has 3 aromatic rings. The Hall–Kier alpha value is -3.04. The highest BCUT2D eigenvalue weighted by molar-refractivity contribution is 7.11. The lowest BCUT2D eigenvalue weighted by Crippen LogP contribution is -2.22. The SMILES string of the molecule is N#Cc1cccc(C(=O)NCc2ncc(Cc3ccc(F)cc3)s2)c1. The monoisotopic (exact) mass is 351 g/mol. The Morgan fingerprint density at radius 1 is 1.24 bits per heavy atom. The van der Waals surface area contributed by atoms with E-state index >= 15 is 0 Å². The molecule has 3 rings (SSSR count). The number of thiazole rings is 1. The van der Waals surface area contributed by atoms with Crippen LogP contribution in [0.2, 0.25) is 0 Å². The number of nitrogens with zero attached hydrogens (tertiary/aromatic N) is 2. The molecule has 0 spiro atoms. The van der Waals surface area contributed by atoms with Crippen LogP contribution in [0.15, 0.2) is 54.7 Å². The van der Waals surface area contributed by atoms with Crippen molar-refractivity contribution in [2.75, 3.05) is 0 Å².